The third-order valence-electron chi connectivity index (χ3n) is 6.45. The number of nitrogens with zero attached hydrogens (tertiary/aromatic N) is 6. The van der Waals surface area contributed by atoms with E-state index in [1.807, 2.05) is 58.0 Å². The molecule has 0 unspecified atom stereocenters. The van der Waals surface area contributed by atoms with E-state index in [0.29, 0.717) is 54.8 Å². The minimum Gasteiger partial charge on any atom is -0.364 e. The predicted molar refractivity (Wildman–Crippen MR) is 140 cm³/mol. The van der Waals surface area contributed by atoms with Gasteiger partial charge in [0.25, 0.3) is 0 Å². The Balaban J connectivity index is 1.35. The lowest BCUT2D eigenvalue weighted by molar-refractivity contribution is -0.127. The molecule has 0 radical (unpaired) electrons. The Morgan fingerprint density at radius 1 is 0.889 bits per heavy atom. The number of hydrogen-bond acceptors (Lipinski definition) is 7. The van der Waals surface area contributed by atoms with Gasteiger partial charge in [0, 0.05) is 44.2 Å². The maximum Gasteiger partial charge on any atom is 0.232 e. The second-order valence-corrected chi connectivity index (χ2v) is 8.84. The smallest absolute Gasteiger partial charge is 0.232 e. The molecule has 0 saturated carbocycles. The number of likely N-dealkylation sites (tertiary alicyclic amines) is 1. The number of benzene rings is 2. The summed E-state index contributed by atoms with van der Waals surface area (Å²) in [5.41, 5.74) is 2.53. The number of anilines is 3. The fraction of sp³-hybridized carbons (Fsp3) is 0.222. The maximum atomic E-state index is 12.1. The van der Waals surface area contributed by atoms with Crippen molar-refractivity contribution in [3.8, 4) is 0 Å². The average molecular weight is 479 g/mol. The first kappa shape index (κ1) is 22.0. The van der Waals surface area contributed by atoms with Crippen molar-refractivity contribution >= 4 is 45.4 Å². The van der Waals surface area contributed by atoms with Gasteiger partial charge < -0.3 is 20.1 Å². The lowest BCUT2D eigenvalue weighted by Gasteiger charge is -2.16. The Morgan fingerprint density at radius 3 is 2.61 bits per heavy atom. The molecule has 1 aliphatic heterocycles. The normalized spacial score (nSPS) is 13.6. The average Bonchev–Trinajstić information content (AvgIpc) is 3.52. The fourth-order valence-electron chi connectivity index (χ4n) is 4.56. The maximum absolute atomic E-state index is 12.1. The summed E-state index contributed by atoms with van der Waals surface area (Å²) in [4.78, 5) is 32.7. The molecule has 5 aromatic rings. The van der Waals surface area contributed by atoms with E-state index in [9.17, 15) is 4.79 Å². The summed E-state index contributed by atoms with van der Waals surface area (Å²) in [5, 5.41) is 8.82. The van der Waals surface area contributed by atoms with Gasteiger partial charge in [-0.2, -0.15) is 9.97 Å². The number of carbonyl (C=O) groups excluding carboxylic acids is 1. The summed E-state index contributed by atoms with van der Waals surface area (Å²) in [5.74, 6) is 1.97. The third-order valence-corrected chi connectivity index (χ3v) is 6.45. The molecule has 2 N–H and O–H groups in total. The Bertz CT molecular complexity index is 1530. The van der Waals surface area contributed by atoms with E-state index in [4.69, 9.17) is 9.97 Å². The van der Waals surface area contributed by atoms with E-state index in [0.717, 1.165) is 29.3 Å². The van der Waals surface area contributed by atoms with Gasteiger partial charge >= 0.3 is 0 Å². The van der Waals surface area contributed by atoms with Crippen LogP contribution in [0.15, 0.2) is 73.2 Å². The molecule has 1 fully saturated rings. The van der Waals surface area contributed by atoms with Gasteiger partial charge in [-0.1, -0.05) is 54.6 Å². The van der Waals surface area contributed by atoms with Crippen LogP contribution in [0.2, 0.25) is 0 Å². The van der Waals surface area contributed by atoms with Crippen LogP contribution in [0.4, 0.5) is 17.6 Å². The van der Waals surface area contributed by atoms with Crippen molar-refractivity contribution in [1.29, 1.82) is 0 Å². The molecule has 9 heteroatoms. The molecule has 6 rings (SSSR count). The second kappa shape index (κ2) is 9.61. The third kappa shape index (κ3) is 4.43. The van der Waals surface area contributed by atoms with Crippen molar-refractivity contribution < 1.29 is 4.79 Å². The van der Waals surface area contributed by atoms with E-state index in [1.54, 1.807) is 12.5 Å². The molecule has 0 spiro atoms. The molecule has 0 atom stereocenters. The molecule has 0 aliphatic carbocycles. The van der Waals surface area contributed by atoms with Crippen molar-refractivity contribution in [3.63, 3.8) is 0 Å². The van der Waals surface area contributed by atoms with Crippen LogP contribution in [0.3, 0.4) is 0 Å². The van der Waals surface area contributed by atoms with Crippen molar-refractivity contribution in [2.45, 2.75) is 25.9 Å². The van der Waals surface area contributed by atoms with Crippen molar-refractivity contribution in [3.05, 3.63) is 78.8 Å². The van der Waals surface area contributed by atoms with E-state index in [1.165, 1.54) is 0 Å². The summed E-state index contributed by atoms with van der Waals surface area (Å²) in [6.45, 7) is 2.66. The SMILES string of the molecule is O=C1CCCN1CCn1cnc2c(NCc3ccccc3)nc(Nc3nccc4ccccc34)nc21. The highest BCUT2D eigenvalue weighted by Crippen LogP contribution is 2.26. The van der Waals surface area contributed by atoms with Gasteiger partial charge in [0.15, 0.2) is 17.0 Å². The van der Waals surface area contributed by atoms with Crippen molar-refractivity contribution in [1.82, 2.24) is 29.4 Å². The molecule has 1 aliphatic rings. The summed E-state index contributed by atoms with van der Waals surface area (Å²) < 4.78 is 1.98. The lowest BCUT2D eigenvalue weighted by atomic mass is 10.1. The zero-order valence-corrected chi connectivity index (χ0v) is 19.8. The van der Waals surface area contributed by atoms with Gasteiger partial charge in [-0.15, -0.1) is 0 Å². The molecule has 1 amide bonds. The zero-order chi connectivity index (χ0) is 24.3. The number of rotatable bonds is 8. The molecule has 1 saturated heterocycles. The van der Waals surface area contributed by atoms with Crippen LogP contribution in [0.1, 0.15) is 18.4 Å². The van der Waals surface area contributed by atoms with Crippen LogP contribution in [0.5, 0.6) is 0 Å². The fourth-order valence-corrected chi connectivity index (χ4v) is 4.56. The van der Waals surface area contributed by atoms with Crippen LogP contribution in [-0.4, -0.2) is 48.4 Å². The van der Waals surface area contributed by atoms with Crippen molar-refractivity contribution in [2.75, 3.05) is 23.7 Å². The van der Waals surface area contributed by atoms with Gasteiger partial charge in [0.05, 0.1) is 6.33 Å². The number of aromatic nitrogens is 5. The van der Waals surface area contributed by atoms with Gasteiger partial charge in [0.1, 0.15) is 5.82 Å². The van der Waals surface area contributed by atoms with Crippen LogP contribution >= 0.6 is 0 Å². The first-order valence-electron chi connectivity index (χ1n) is 12.1. The number of carbonyl (C=O) groups is 1. The number of hydrogen-bond donors (Lipinski definition) is 2. The molecule has 2 aromatic carbocycles. The zero-order valence-electron chi connectivity index (χ0n) is 19.8. The minimum absolute atomic E-state index is 0.212. The molecule has 4 heterocycles. The predicted octanol–water partition coefficient (Wildman–Crippen LogP) is 4.35. The topological polar surface area (TPSA) is 101 Å². The number of imidazole rings is 1. The lowest BCUT2D eigenvalue weighted by Crippen LogP contribution is -2.28. The molecule has 0 bridgehead atoms. The molecule has 36 heavy (non-hydrogen) atoms. The Morgan fingerprint density at radius 2 is 1.75 bits per heavy atom. The summed E-state index contributed by atoms with van der Waals surface area (Å²) in [7, 11) is 0. The second-order valence-electron chi connectivity index (χ2n) is 8.84. The highest BCUT2D eigenvalue weighted by atomic mass is 16.2. The molecule has 3 aromatic heterocycles. The van der Waals surface area contributed by atoms with Crippen LogP contribution < -0.4 is 10.6 Å². The van der Waals surface area contributed by atoms with Gasteiger partial charge in [-0.3, -0.25) is 4.79 Å². The van der Waals surface area contributed by atoms with Gasteiger partial charge in [-0.25, -0.2) is 9.97 Å². The number of pyridine rings is 1. The number of nitrogens with one attached hydrogen (secondary N) is 2. The molecule has 180 valence electrons. The largest absolute Gasteiger partial charge is 0.364 e. The summed E-state index contributed by atoms with van der Waals surface area (Å²) in [6.07, 6.45) is 5.10. The number of amides is 1. The van der Waals surface area contributed by atoms with E-state index in [-0.39, 0.29) is 5.91 Å². The Hall–Kier alpha value is -4.53. The molecular weight excluding hydrogens is 452 g/mol. The summed E-state index contributed by atoms with van der Waals surface area (Å²) in [6, 6.07) is 20.2. The Kier molecular flexibility index (Phi) is 5.87. The monoisotopic (exact) mass is 478 g/mol. The highest BCUT2D eigenvalue weighted by Gasteiger charge is 2.21. The first-order chi connectivity index (χ1) is 17.7. The number of fused-ring (bicyclic) bond motifs is 2. The highest BCUT2D eigenvalue weighted by molar-refractivity contribution is 5.93. The minimum atomic E-state index is 0.212. The summed E-state index contributed by atoms with van der Waals surface area (Å²) >= 11 is 0. The molecular formula is C27H26N8O. The van der Waals surface area contributed by atoms with E-state index < -0.39 is 0 Å². The van der Waals surface area contributed by atoms with Gasteiger partial charge in [0.2, 0.25) is 11.9 Å². The van der Waals surface area contributed by atoms with Gasteiger partial charge in [-0.05, 0) is 23.4 Å². The van der Waals surface area contributed by atoms with Crippen LogP contribution in [0.25, 0.3) is 21.9 Å². The standard InChI is InChI=1S/C27H26N8O/c36-22-11-6-14-34(22)15-16-35-18-30-23-25(29-17-19-7-2-1-3-8-19)32-27(33-26(23)35)31-24-21-10-5-4-9-20(21)12-13-28-24/h1-5,7-10,12-13,18H,6,11,14-17H2,(H2,28,29,31,32,33). The quantitative estimate of drug-likeness (QED) is 0.342. The van der Waals surface area contributed by atoms with Crippen molar-refractivity contribution in [2.24, 2.45) is 0 Å². The van der Waals surface area contributed by atoms with Crippen LogP contribution in [-0.2, 0) is 17.9 Å². The first-order valence-corrected chi connectivity index (χ1v) is 12.1. The van der Waals surface area contributed by atoms with E-state index >= 15 is 0 Å². The van der Waals surface area contributed by atoms with E-state index in [2.05, 4.69) is 32.7 Å². The Labute approximate surface area is 208 Å². The van der Waals surface area contributed by atoms with Crippen LogP contribution in [0, 0.1) is 0 Å². The molecule has 9 nitrogen and oxygen atoms in total.